The number of rotatable bonds is 8. The second-order valence-corrected chi connectivity index (χ2v) is 8.58. The van der Waals surface area contributed by atoms with Crippen molar-refractivity contribution >= 4 is 10.9 Å². The number of aromatic nitrogens is 4. The number of ether oxygens (including phenoxy) is 1. The molecule has 0 atom stereocenters. The van der Waals surface area contributed by atoms with E-state index in [0.29, 0.717) is 5.88 Å². The third kappa shape index (κ3) is 5.14. The molecule has 5 rings (SSSR count). The molecule has 2 N–H and O–H groups in total. The van der Waals surface area contributed by atoms with Crippen LogP contribution in [0.25, 0.3) is 22.2 Å². The number of fused-ring (bicyclic) bond motifs is 1. The Hall–Kier alpha value is -3.25. The van der Waals surface area contributed by atoms with E-state index in [1.165, 1.54) is 38.5 Å². The van der Waals surface area contributed by atoms with Gasteiger partial charge in [0.15, 0.2) is 0 Å². The summed E-state index contributed by atoms with van der Waals surface area (Å²) in [6, 6.07) is 15.9. The maximum atomic E-state index is 5.95. The molecule has 1 aliphatic carbocycles. The zero-order valence-electron chi connectivity index (χ0n) is 18.3. The molecule has 3 heterocycles. The molecule has 1 fully saturated rings. The summed E-state index contributed by atoms with van der Waals surface area (Å²) in [5, 5.41) is 11.5. The Balaban J connectivity index is 1.17. The summed E-state index contributed by atoms with van der Waals surface area (Å²) in [5.41, 5.74) is 3.95. The molecule has 1 aliphatic rings. The minimum atomic E-state index is 0.555. The van der Waals surface area contributed by atoms with E-state index < -0.39 is 0 Å². The lowest BCUT2D eigenvalue weighted by molar-refractivity contribution is 0.333. The second kappa shape index (κ2) is 9.92. The zero-order chi connectivity index (χ0) is 21.6. The summed E-state index contributed by atoms with van der Waals surface area (Å²) in [5.74, 6) is 2.22. The predicted octanol–water partition coefficient (Wildman–Crippen LogP) is 5.87. The maximum absolute atomic E-state index is 5.95. The number of hydrogen-bond acceptors (Lipinski definition) is 5. The molecule has 0 unspecified atom stereocenters. The van der Waals surface area contributed by atoms with Crippen molar-refractivity contribution in [3.8, 4) is 22.9 Å². The van der Waals surface area contributed by atoms with Crippen molar-refractivity contribution < 1.29 is 4.74 Å². The summed E-state index contributed by atoms with van der Waals surface area (Å²) in [6.07, 6.45) is 11.8. The summed E-state index contributed by atoms with van der Waals surface area (Å²) in [7, 11) is 0. The van der Waals surface area contributed by atoms with Crippen LogP contribution in [0.5, 0.6) is 11.6 Å². The van der Waals surface area contributed by atoms with Crippen molar-refractivity contribution in [1.82, 2.24) is 25.5 Å². The topological polar surface area (TPSA) is 75.7 Å². The lowest BCUT2D eigenvalue weighted by Crippen LogP contribution is -2.19. The molecule has 1 saturated carbocycles. The molecule has 0 bridgehead atoms. The average molecular weight is 428 g/mol. The van der Waals surface area contributed by atoms with E-state index in [1.54, 1.807) is 12.4 Å². The Bertz CT molecular complexity index is 1130. The van der Waals surface area contributed by atoms with Gasteiger partial charge in [0.25, 0.3) is 0 Å². The first-order valence-corrected chi connectivity index (χ1v) is 11.6. The van der Waals surface area contributed by atoms with Gasteiger partial charge in [0.1, 0.15) is 5.75 Å². The van der Waals surface area contributed by atoms with Crippen molar-refractivity contribution in [3.63, 3.8) is 0 Å². The van der Waals surface area contributed by atoms with E-state index in [-0.39, 0.29) is 0 Å². The highest BCUT2D eigenvalue weighted by Gasteiger charge is 2.12. The fourth-order valence-corrected chi connectivity index (χ4v) is 4.44. The van der Waals surface area contributed by atoms with Crippen LogP contribution in [-0.2, 0) is 6.54 Å². The van der Waals surface area contributed by atoms with Gasteiger partial charge in [-0.2, -0.15) is 5.10 Å². The first-order valence-electron chi connectivity index (χ1n) is 11.6. The van der Waals surface area contributed by atoms with Gasteiger partial charge < -0.3 is 10.1 Å². The number of pyridine rings is 2. The van der Waals surface area contributed by atoms with Gasteiger partial charge >= 0.3 is 0 Å². The highest BCUT2D eigenvalue weighted by atomic mass is 16.5. The Morgan fingerprint density at radius 3 is 2.75 bits per heavy atom. The lowest BCUT2D eigenvalue weighted by atomic mass is 9.87. The summed E-state index contributed by atoms with van der Waals surface area (Å²) in [4.78, 5) is 9.21. The van der Waals surface area contributed by atoms with Gasteiger partial charge in [-0.05, 0) is 55.3 Å². The number of H-pyrrole nitrogens is 1. The van der Waals surface area contributed by atoms with Crippen LogP contribution >= 0.6 is 0 Å². The smallest absolute Gasteiger partial charge is 0.219 e. The van der Waals surface area contributed by atoms with Crippen molar-refractivity contribution in [3.05, 3.63) is 66.6 Å². The van der Waals surface area contributed by atoms with Crippen molar-refractivity contribution in [2.45, 2.75) is 45.1 Å². The number of benzene rings is 1. The minimum Gasteiger partial charge on any atom is -0.439 e. The van der Waals surface area contributed by atoms with Crippen LogP contribution in [0.4, 0.5) is 0 Å². The summed E-state index contributed by atoms with van der Waals surface area (Å²) in [6.45, 7) is 1.89. The monoisotopic (exact) mass is 427 g/mol. The zero-order valence-corrected chi connectivity index (χ0v) is 18.3. The molecule has 4 aromatic rings. The van der Waals surface area contributed by atoms with E-state index in [9.17, 15) is 0 Å². The summed E-state index contributed by atoms with van der Waals surface area (Å²) < 4.78 is 5.95. The minimum absolute atomic E-state index is 0.555. The van der Waals surface area contributed by atoms with E-state index in [2.05, 4.69) is 32.6 Å². The van der Waals surface area contributed by atoms with E-state index in [0.717, 1.165) is 52.6 Å². The molecule has 1 aromatic carbocycles. The van der Waals surface area contributed by atoms with Gasteiger partial charge in [0.05, 0.1) is 16.9 Å². The van der Waals surface area contributed by atoms with Crippen molar-refractivity contribution in [2.75, 3.05) is 6.54 Å². The van der Waals surface area contributed by atoms with Gasteiger partial charge in [-0.1, -0.05) is 38.2 Å². The maximum Gasteiger partial charge on any atom is 0.219 e. The van der Waals surface area contributed by atoms with E-state index >= 15 is 0 Å². The lowest BCUT2D eigenvalue weighted by Gasteiger charge is -2.21. The van der Waals surface area contributed by atoms with Gasteiger partial charge in [-0.3, -0.25) is 10.1 Å². The van der Waals surface area contributed by atoms with Crippen molar-refractivity contribution in [1.29, 1.82) is 0 Å². The fourth-order valence-electron chi connectivity index (χ4n) is 4.44. The molecule has 0 aliphatic heterocycles. The van der Waals surface area contributed by atoms with E-state index in [4.69, 9.17) is 9.72 Å². The number of aromatic amines is 1. The highest BCUT2D eigenvalue weighted by molar-refractivity contribution is 5.80. The van der Waals surface area contributed by atoms with Gasteiger partial charge in [-0.15, -0.1) is 0 Å². The first kappa shape index (κ1) is 20.6. The van der Waals surface area contributed by atoms with Gasteiger partial charge in [0, 0.05) is 36.0 Å². The average Bonchev–Trinajstić information content (AvgIpc) is 3.38. The molecule has 0 saturated heterocycles. The van der Waals surface area contributed by atoms with Crippen molar-refractivity contribution in [2.24, 2.45) is 5.92 Å². The van der Waals surface area contributed by atoms with Crippen LogP contribution in [-0.4, -0.2) is 26.7 Å². The Morgan fingerprint density at radius 2 is 1.94 bits per heavy atom. The van der Waals surface area contributed by atoms with Gasteiger partial charge in [-0.25, -0.2) is 4.98 Å². The Kier molecular flexibility index (Phi) is 6.40. The van der Waals surface area contributed by atoms with Gasteiger partial charge in [0.2, 0.25) is 5.88 Å². The van der Waals surface area contributed by atoms with Crippen LogP contribution in [0.2, 0.25) is 0 Å². The molecule has 32 heavy (non-hydrogen) atoms. The SMILES string of the molecule is c1cc(-c2ccc(Oc3ccc4nc(CNCCC5CCCCC5)ccc4c3)nc2)[nH]n1. The van der Waals surface area contributed by atoms with Crippen LogP contribution in [0, 0.1) is 5.92 Å². The highest BCUT2D eigenvalue weighted by Crippen LogP contribution is 2.27. The number of hydrogen-bond donors (Lipinski definition) is 2. The molecular formula is C26H29N5O. The molecular weight excluding hydrogens is 398 g/mol. The Morgan fingerprint density at radius 1 is 1.00 bits per heavy atom. The quantitative estimate of drug-likeness (QED) is 0.344. The largest absolute Gasteiger partial charge is 0.439 e. The molecule has 6 nitrogen and oxygen atoms in total. The molecule has 164 valence electrons. The molecule has 0 amide bonds. The molecule has 0 spiro atoms. The third-order valence-corrected chi connectivity index (χ3v) is 6.25. The molecule has 3 aromatic heterocycles. The number of nitrogens with one attached hydrogen (secondary N) is 2. The Labute approximate surface area is 188 Å². The standard InChI is InChI=1S/C26H29N5O/c1-2-4-19(5-3-1)12-14-27-18-22-8-6-20-16-23(9-10-24(20)30-22)32-26-11-7-21(17-28-26)25-13-15-29-31-25/h6-11,13,15-17,19,27H,1-5,12,14,18H2,(H,29,31). The molecule has 0 radical (unpaired) electrons. The first-order chi connectivity index (χ1) is 15.8. The van der Waals surface area contributed by atoms with Crippen LogP contribution < -0.4 is 10.1 Å². The van der Waals surface area contributed by atoms with Crippen LogP contribution in [0.1, 0.15) is 44.2 Å². The van der Waals surface area contributed by atoms with Crippen LogP contribution in [0.3, 0.4) is 0 Å². The normalized spacial score (nSPS) is 14.6. The summed E-state index contributed by atoms with van der Waals surface area (Å²) >= 11 is 0. The van der Waals surface area contributed by atoms with Crippen LogP contribution in [0.15, 0.2) is 60.9 Å². The third-order valence-electron chi connectivity index (χ3n) is 6.25. The number of nitrogens with zero attached hydrogens (tertiary/aromatic N) is 3. The fraction of sp³-hybridized carbons (Fsp3) is 0.346. The predicted molar refractivity (Wildman–Crippen MR) is 127 cm³/mol. The second-order valence-electron chi connectivity index (χ2n) is 8.58. The molecule has 6 heteroatoms. The van der Waals surface area contributed by atoms with E-state index in [1.807, 2.05) is 36.4 Å².